The van der Waals surface area contributed by atoms with Gasteiger partial charge in [-0.3, -0.25) is 0 Å². The molecule has 0 saturated heterocycles. The van der Waals surface area contributed by atoms with Crippen LogP contribution in [0.4, 0.5) is 0 Å². The number of likely N-dealkylation sites (N-methyl/N-ethyl adjacent to an activating group) is 1. The van der Waals surface area contributed by atoms with Crippen molar-refractivity contribution < 1.29 is 0 Å². The Hall–Kier alpha value is 0.170. The Kier molecular flexibility index (Phi) is 6.02. The minimum Gasteiger partial charge on any atom is -0.316 e. The molecule has 0 aliphatic heterocycles. The molecule has 0 radical (unpaired) electrons. The van der Waals surface area contributed by atoms with Crippen LogP contribution in [0.3, 0.4) is 0 Å². The Morgan fingerprint density at radius 2 is 2.10 bits per heavy atom. The van der Waals surface area contributed by atoms with E-state index in [2.05, 4.69) is 53.9 Å². The van der Waals surface area contributed by atoms with Gasteiger partial charge in [-0.2, -0.15) is 0 Å². The van der Waals surface area contributed by atoms with E-state index in [1.807, 2.05) is 7.05 Å². The highest BCUT2D eigenvalue weighted by Gasteiger charge is 1.84. The first kappa shape index (κ1) is 10.2. The molecule has 0 aromatic heterocycles. The van der Waals surface area contributed by atoms with Gasteiger partial charge >= 0.3 is 0 Å². The molecular weight excluding hydrogens is 237 g/mol. The molecule has 58 valence electrons. The topological polar surface area (TPSA) is 12.0 Å². The molecule has 0 spiro atoms. The maximum absolute atomic E-state index is 3.05. The average molecular weight is 251 g/mol. The van der Waals surface area contributed by atoms with E-state index in [9.17, 15) is 0 Å². The largest absolute Gasteiger partial charge is 0.316 e. The normalized spacial score (nSPS) is 14.0. The van der Waals surface area contributed by atoms with E-state index in [1.165, 1.54) is 9.15 Å². The van der Waals surface area contributed by atoms with Crippen LogP contribution in [0, 0.1) is 0 Å². The Morgan fingerprint density at radius 1 is 1.50 bits per heavy atom. The summed E-state index contributed by atoms with van der Waals surface area (Å²) in [4.78, 5) is 0. The van der Waals surface area contributed by atoms with E-state index in [0.29, 0.717) is 0 Å². The molecule has 0 atom stereocenters. The van der Waals surface area contributed by atoms with Crippen LogP contribution in [-0.4, -0.2) is 13.6 Å². The lowest BCUT2D eigenvalue weighted by molar-refractivity contribution is 0.919. The zero-order valence-corrected chi connectivity index (χ0v) is 8.90. The second-order valence-electron chi connectivity index (χ2n) is 2.18. The standard InChI is InChI=1S/C8H14IN/c1-7(8(2)9)5-4-6-10-3/h4-5,10H,6H2,1-3H3/b5-4-,8-7-. The number of rotatable bonds is 3. The molecule has 0 aromatic rings. The Labute approximate surface area is 76.7 Å². The third kappa shape index (κ3) is 4.99. The molecule has 0 bridgehead atoms. The van der Waals surface area contributed by atoms with Gasteiger partial charge in [-0.25, -0.2) is 0 Å². The highest BCUT2D eigenvalue weighted by Crippen LogP contribution is 2.11. The number of hydrogen-bond acceptors (Lipinski definition) is 1. The van der Waals surface area contributed by atoms with Gasteiger partial charge in [0.2, 0.25) is 0 Å². The third-order valence-electron chi connectivity index (χ3n) is 1.23. The summed E-state index contributed by atoms with van der Waals surface area (Å²) in [5, 5.41) is 3.05. The van der Waals surface area contributed by atoms with Crippen molar-refractivity contribution in [1.82, 2.24) is 5.32 Å². The van der Waals surface area contributed by atoms with Gasteiger partial charge in [0.15, 0.2) is 0 Å². The van der Waals surface area contributed by atoms with Crippen LogP contribution in [0.15, 0.2) is 21.3 Å². The van der Waals surface area contributed by atoms with Gasteiger partial charge in [0.05, 0.1) is 0 Å². The van der Waals surface area contributed by atoms with Crippen LogP contribution in [0.2, 0.25) is 0 Å². The molecule has 0 aliphatic rings. The molecule has 0 heterocycles. The van der Waals surface area contributed by atoms with E-state index >= 15 is 0 Å². The fourth-order valence-corrected chi connectivity index (χ4v) is 0.648. The van der Waals surface area contributed by atoms with E-state index in [1.54, 1.807) is 0 Å². The van der Waals surface area contributed by atoms with E-state index in [4.69, 9.17) is 0 Å². The fourth-order valence-electron chi connectivity index (χ4n) is 0.468. The predicted molar refractivity (Wildman–Crippen MR) is 55.5 cm³/mol. The van der Waals surface area contributed by atoms with Gasteiger partial charge in [0.1, 0.15) is 0 Å². The summed E-state index contributed by atoms with van der Waals surface area (Å²) in [7, 11) is 1.94. The van der Waals surface area contributed by atoms with Gasteiger partial charge in [0.25, 0.3) is 0 Å². The summed E-state index contributed by atoms with van der Waals surface area (Å²) in [6.45, 7) is 5.18. The average Bonchev–Trinajstić information content (AvgIpc) is 1.88. The highest BCUT2D eigenvalue weighted by molar-refractivity contribution is 14.1. The first-order valence-electron chi connectivity index (χ1n) is 3.32. The van der Waals surface area contributed by atoms with Gasteiger partial charge in [0, 0.05) is 6.54 Å². The maximum Gasteiger partial charge on any atom is 0.0135 e. The third-order valence-corrected chi connectivity index (χ3v) is 2.08. The van der Waals surface area contributed by atoms with Gasteiger partial charge in [-0.05, 0) is 52.6 Å². The minimum absolute atomic E-state index is 0.946. The first-order chi connectivity index (χ1) is 4.68. The molecular formula is C8H14IN. The lowest BCUT2D eigenvalue weighted by Gasteiger charge is -1.93. The fraction of sp³-hybridized carbons (Fsp3) is 0.500. The van der Waals surface area contributed by atoms with Crippen molar-refractivity contribution in [3.8, 4) is 0 Å². The molecule has 0 fully saturated rings. The van der Waals surface area contributed by atoms with Gasteiger partial charge in [-0.1, -0.05) is 12.2 Å². The number of nitrogens with one attached hydrogen (secondary N) is 1. The minimum atomic E-state index is 0.946. The molecule has 0 rings (SSSR count). The maximum atomic E-state index is 3.05. The smallest absolute Gasteiger partial charge is 0.0135 e. The molecule has 10 heavy (non-hydrogen) atoms. The number of hydrogen-bond donors (Lipinski definition) is 1. The second kappa shape index (κ2) is 5.92. The van der Waals surface area contributed by atoms with Crippen LogP contribution in [0.1, 0.15) is 13.8 Å². The number of allylic oxidation sites excluding steroid dienone is 3. The van der Waals surface area contributed by atoms with Crippen LogP contribution in [0.5, 0.6) is 0 Å². The van der Waals surface area contributed by atoms with E-state index < -0.39 is 0 Å². The van der Waals surface area contributed by atoms with Crippen LogP contribution < -0.4 is 5.32 Å². The summed E-state index contributed by atoms with van der Waals surface area (Å²) < 4.78 is 1.35. The van der Waals surface area contributed by atoms with Crippen LogP contribution in [-0.2, 0) is 0 Å². The Bertz CT molecular complexity index is 143. The lowest BCUT2D eigenvalue weighted by Crippen LogP contribution is -2.03. The van der Waals surface area contributed by atoms with E-state index in [0.717, 1.165) is 6.54 Å². The summed E-state index contributed by atoms with van der Waals surface area (Å²) in [5.41, 5.74) is 1.34. The quantitative estimate of drug-likeness (QED) is 0.600. The molecule has 0 aromatic carbocycles. The van der Waals surface area contributed by atoms with Crippen LogP contribution in [0.25, 0.3) is 0 Å². The SMILES string of the molecule is CNC/C=C\C(C)=C(\C)I. The molecule has 1 nitrogen and oxygen atoms in total. The van der Waals surface area contributed by atoms with Crippen molar-refractivity contribution in [1.29, 1.82) is 0 Å². The summed E-state index contributed by atoms with van der Waals surface area (Å²) >= 11 is 2.33. The van der Waals surface area contributed by atoms with Crippen molar-refractivity contribution in [2.45, 2.75) is 13.8 Å². The van der Waals surface area contributed by atoms with Crippen molar-refractivity contribution in [3.63, 3.8) is 0 Å². The summed E-state index contributed by atoms with van der Waals surface area (Å²) in [5.74, 6) is 0. The molecule has 0 amide bonds. The lowest BCUT2D eigenvalue weighted by atomic mass is 10.3. The second-order valence-corrected chi connectivity index (χ2v) is 3.79. The zero-order chi connectivity index (χ0) is 7.98. The molecule has 0 saturated carbocycles. The molecule has 0 aliphatic carbocycles. The van der Waals surface area contributed by atoms with E-state index in [-0.39, 0.29) is 0 Å². The zero-order valence-electron chi connectivity index (χ0n) is 6.74. The monoisotopic (exact) mass is 251 g/mol. The first-order valence-corrected chi connectivity index (χ1v) is 4.40. The van der Waals surface area contributed by atoms with Crippen molar-refractivity contribution in [3.05, 3.63) is 21.3 Å². The van der Waals surface area contributed by atoms with Crippen molar-refractivity contribution in [2.24, 2.45) is 0 Å². The molecule has 0 unspecified atom stereocenters. The Morgan fingerprint density at radius 3 is 2.50 bits per heavy atom. The predicted octanol–water partition coefficient (Wildman–Crippen LogP) is 2.49. The van der Waals surface area contributed by atoms with Crippen molar-refractivity contribution in [2.75, 3.05) is 13.6 Å². The van der Waals surface area contributed by atoms with Gasteiger partial charge in [-0.15, -0.1) is 0 Å². The summed E-state index contributed by atoms with van der Waals surface area (Å²) in [6.07, 6.45) is 4.26. The number of halogens is 1. The Balaban J connectivity index is 3.78. The highest BCUT2D eigenvalue weighted by atomic mass is 127. The molecule has 2 heteroatoms. The summed E-state index contributed by atoms with van der Waals surface area (Å²) in [6, 6.07) is 0. The molecule has 1 N–H and O–H groups in total. The van der Waals surface area contributed by atoms with Gasteiger partial charge < -0.3 is 5.32 Å². The van der Waals surface area contributed by atoms with Crippen LogP contribution >= 0.6 is 22.6 Å². The van der Waals surface area contributed by atoms with Crippen molar-refractivity contribution >= 4 is 22.6 Å².